The maximum atomic E-state index is 11.9. The summed E-state index contributed by atoms with van der Waals surface area (Å²) < 4.78 is 0. The van der Waals surface area contributed by atoms with E-state index >= 15 is 0 Å². The van der Waals surface area contributed by atoms with Crippen molar-refractivity contribution in [3.8, 4) is 0 Å². The van der Waals surface area contributed by atoms with Crippen molar-refractivity contribution in [1.29, 1.82) is 0 Å². The Morgan fingerprint density at radius 3 is 2.56 bits per heavy atom. The van der Waals surface area contributed by atoms with Crippen LogP contribution in [0.3, 0.4) is 0 Å². The summed E-state index contributed by atoms with van der Waals surface area (Å²) >= 11 is 7.31. The summed E-state index contributed by atoms with van der Waals surface area (Å²) in [5, 5.41) is 17.5. The Labute approximate surface area is 166 Å². The molecule has 1 amide bonds. The van der Waals surface area contributed by atoms with Crippen LogP contribution in [0.5, 0.6) is 0 Å². The average molecular weight is 410 g/mol. The smallest absolute Gasteiger partial charge is 0.271 e. The quantitative estimate of drug-likeness (QED) is 0.215. The molecule has 0 aliphatic carbocycles. The molecule has 1 aromatic heterocycles. The summed E-state index contributed by atoms with van der Waals surface area (Å²) in [6.45, 7) is 4.86. The number of carbonyl (C=O) groups is 1. The second kappa shape index (κ2) is 10.1. The van der Waals surface area contributed by atoms with Crippen molar-refractivity contribution < 1.29 is 9.72 Å². The number of nitro groups is 1. The van der Waals surface area contributed by atoms with E-state index in [-0.39, 0.29) is 22.4 Å². The standard InChI is InChI=1S/C17H20ClN5O3S/c1-11-8-12(2)22-17(21-11)27-10-16(24)20-7-3-6-19-15-5-4-13(23(25)26)9-14(15)18/h4-5,8-9,19H,3,6-7,10H2,1-2H3,(H,20,24). The van der Waals surface area contributed by atoms with E-state index in [0.717, 1.165) is 11.4 Å². The predicted octanol–water partition coefficient (Wildman–Crippen LogP) is 3.37. The van der Waals surface area contributed by atoms with Crippen LogP contribution in [0.4, 0.5) is 11.4 Å². The number of aryl methyl sites for hydroxylation is 2. The first-order chi connectivity index (χ1) is 12.8. The lowest BCUT2D eigenvalue weighted by molar-refractivity contribution is -0.384. The van der Waals surface area contributed by atoms with E-state index in [9.17, 15) is 14.9 Å². The third-order valence-electron chi connectivity index (χ3n) is 3.45. The molecule has 0 unspecified atom stereocenters. The minimum atomic E-state index is -0.494. The molecule has 1 heterocycles. The summed E-state index contributed by atoms with van der Waals surface area (Å²) in [6, 6.07) is 6.15. The number of halogens is 1. The zero-order chi connectivity index (χ0) is 19.8. The van der Waals surface area contributed by atoms with Crippen LogP contribution in [0.25, 0.3) is 0 Å². The van der Waals surface area contributed by atoms with Crippen molar-refractivity contribution in [2.75, 3.05) is 24.2 Å². The number of hydrogen-bond acceptors (Lipinski definition) is 7. The van der Waals surface area contributed by atoms with Crippen molar-refractivity contribution in [1.82, 2.24) is 15.3 Å². The fourth-order valence-electron chi connectivity index (χ4n) is 2.24. The summed E-state index contributed by atoms with van der Waals surface area (Å²) in [6.07, 6.45) is 0.684. The average Bonchev–Trinajstić information content (AvgIpc) is 2.60. The molecular weight excluding hydrogens is 390 g/mol. The Morgan fingerprint density at radius 1 is 1.22 bits per heavy atom. The number of non-ortho nitro benzene ring substituents is 1. The van der Waals surface area contributed by atoms with Gasteiger partial charge in [0.1, 0.15) is 0 Å². The number of anilines is 1. The lowest BCUT2D eigenvalue weighted by Crippen LogP contribution is -2.27. The third kappa shape index (κ3) is 7.03. The van der Waals surface area contributed by atoms with Gasteiger partial charge >= 0.3 is 0 Å². The Bertz CT molecular complexity index is 814. The van der Waals surface area contributed by atoms with Gasteiger partial charge in [0.15, 0.2) is 5.16 Å². The van der Waals surface area contributed by atoms with Crippen LogP contribution in [-0.2, 0) is 4.79 Å². The number of nitro benzene ring substituents is 1. The number of aromatic nitrogens is 2. The first-order valence-electron chi connectivity index (χ1n) is 8.25. The van der Waals surface area contributed by atoms with Crippen LogP contribution in [0.1, 0.15) is 17.8 Å². The van der Waals surface area contributed by atoms with Crippen LogP contribution < -0.4 is 10.6 Å². The van der Waals surface area contributed by atoms with Gasteiger partial charge in [-0.1, -0.05) is 23.4 Å². The van der Waals surface area contributed by atoms with Gasteiger partial charge in [0.05, 0.1) is 21.4 Å². The van der Waals surface area contributed by atoms with Crippen molar-refractivity contribution in [2.45, 2.75) is 25.4 Å². The van der Waals surface area contributed by atoms with Gasteiger partial charge in [-0.2, -0.15) is 0 Å². The number of benzene rings is 1. The van der Waals surface area contributed by atoms with Crippen molar-refractivity contribution >= 4 is 40.6 Å². The molecule has 0 radical (unpaired) electrons. The van der Waals surface area contributed by atoms with E-state index in [0.29, 0.717) is 30.4 Å². The van der Waals surface area contributed by atoms with E-state index in [1.807, 2.05) is 19.9 Å². The van der Waals surface area contributed by atoms with E-state index in [4.69, 9.17) is 11.6 Å². The molecule has 0 fully saturated rings. The number of nitrogens with zero attached hydrogens (tertiary/aromatic N) is 3. The fraction of sp³-hybridized carbons (Fsp3) is 0.353. The van der Waals surface area contributed by atoms with Gasteiger partial charge in [0, 0.05) is 36.6 Å². The Kier molecular flexibility index (Phi) is 7.81. The second-order valence-electron chi connectivity index (χ2n) is 5.77. The number of carbonyl (C=O) groups excluding carboxylic acids is 1. The first-order valence-corrected chi connectivity index (χ1v) is 9.61. The minimum absolute atomic E-state index is 0.0527. The summed E-state index contributed by atoms with van der Waals surface area (Å²) in [5.74, 6) is 0.168. The SMILES string of the molecule is Cc1cc(C)nc(SCC(=O)NCCCNc2ccc([N+](=O)[O-])cc2Cl)n1. The maximum absolute atomic E-state index is 11.9. The van der Waals surface area contributed by atoms with Gasteiger partial charge in [0.2, 0.25) is 5.91 Å². The topological polar surface area (TPSA) is 110 Å². The normalized spacial score (nSPS) is 10.5. The molecule has 2 aromatic rings. The minimum Gasteiger partial charge on any atom is -0.384 e. The summed E-state index contributed by atoms with van der Waals surface area (Å²) in [4.78, 5) is 30.6. The van der Waals surface area contributed by atoms with Crippen molar-refractivity contribution in [3.05, 3.63) is 50.8 Å². The predicted molar refractivity (Wildman–Crippen MR) is 106 cm³/mol. The van der Waals surface area contributed by atoms with Crippen LogP contribution in [0.2, 0.25) is 5.02 Å². The zero-order valence-corrected chi connectivity index (χ0v) is 16.6. The highest BCUT2D eigenvalue weighted by atomic mass is 35.5. The van der Waals surface area contributed by atoms with E-state index in [1.54, 1.807) is 6.07 Å². The molecule has 0 aliphatic heterocycles. The molecule has 2 rings (SSSR count). The number of thioether (sulfide) groups is 1. The molecule has 27 heavy (non-hydrogen) atoms. The zero-order valence-electron chi connectivity index (χ0n) is 15.0. The van der Waals surface area contributed by atoms with Gasteiger partial charge in [-0.25, -0.2) is 9.97 Å². The molecule has 0 bridgehead atoms. The third-order valence-corrected chi connectivity index (χ3v) is 4.61. The molecule has 0 saturated carbocycles. The number of amides is 1. The Morgan fingerprint density at radius 2 is 1.93 bits per heavy atom. The lowest BCUT2D eigenvalue weighted by atomic mass is 10.2. The van der Waals surface area contributed by atoms with Gasteiger partial charge in [-0.05, 0) is 32.4 Å². The lowest BCUT2D eigenvalue weighted by Gasteiger charge is -2.09. The Balaban J connectivity index is 1.66. The molecule has 0 atom stereocenters. The van der Waals surface area contributed by atoms with Gasteiger partial charge in [-0.15, -0.1) is 0 Å². The summed E-state index contributed by atoms with van der Waals surface area (Å²) in [7, 11) is 0. The molecular formula is C17H20ClN5O3S. The van der Waals surface area contributed by atoms with Gasteiger partial charge in [-0.3, -0.25) is 14.9 Å². The molecule has 0 aliphatic rings. The van der Waals surface area contributed by atoms with Crippen LogP contribution in [0, 0.1) is 24.0 Å². The van der Waals surface area contributed by atoms with Crippen molar-refractivity contribution in [3.63, 3.8) is 0 Å². The maximum Gasteiger partial charge on any atom is 0.271 e. The van der Waals surface area contributed by atoms with Crippen LogP contribution >= 0.6 is 23.4 Å². The number of nitrogens with one attached hydrogen (secondary N) is 2. The fourth-order valence-corrected chi connectivity index (χ4v) is 3.26. The molecule has 10 heteroatoms. The largest absolute Gasteiger partial charge is 0.384 e. The molecule has 0 saturated heterocycles. The second-order valence-corrected chi connectivity index (χ2v) is 7.12. The van der Waals surface area contributed by atoms with Crippen LogP contribution in [0.15, 0.2) is 29.4 Å². The molecule has 8 nitrogen and oxygen atoms in total. The highest BCUT2D eigenvalue weighted by molar-refractivity contribution is 7.99. The van der Waals surface area contributed by atoms with E-state index in [2.05, 4.69) is 20.6 Å². The van der Waals surface area contributed by atoms with Crippen molar-refractivity contribution in [2.24, 2.45) is 0 Å². The number of rotatable bonds is 9. The Hall–Kier alpha value is -2.39. The monoisotopic (exact) mass is 409 g/mol. The first kappa shape index (κ1) is 20.9. The van der Waals surface area contributed by atoms with Gasteiger partial charge < -0.3 is 10.6 Å². The molecule has 144 valence electrons. The van der Waals surface area contributed by atoms with E-state index in [1.165, 1.54) is 23.9 Å². The summed E-state index contributed by atoms with van der Waals surface area (Å²) in [5.41, 5.74) is 2.32. The van der Waals surface area contributed by atoms with Crippen LogP contribution in [-0.4, -0.2) is 39.6 Å². The van der Waals surface area contributed by atoms with Gasteiger partial charge in [0.25, 0.3) is 5.69 Å². The molecule has 2 N–H and O–H groups in total. The molecule has 1 aromatic carbocycles. The number of hydrogen-bond donors (Lipinski definition) is 2. The highest BCUT2D eigenvalue weighted by Gasteiger charge is 2.09. The van der Waals surface area contributed by atoms with E-state index < -0.39 is 4.92 Å². The molecule has 0 spiro atoms. The highest BCUT2D eigenvalue weighted by Crippen LogP contribution is 2.26.